The molecule has 5 rings (SSSR count). The van der Waals surface area contributed by atoms with Crippen molar-refractivity contribution in [2.24, 2.45) is 0 Å². The summed E-state index contributed by atoms with van der Waals surface area (Å²) in [5, 5.41) is 0.146. The summed E-state index contributed by atoms with van der Waals surface area (Å²) in [5.74, 6) is -4.92. The number of rotatable bonds is 5. The summed E-state index contributed by atoms with van der Waals surface area (Å²) in [4.78, 5) is 12.5. The van der Waals surface area contributed by atoms with Crippen molar-refractivity contribution < 1.29 is 31.8 Å². The Kier molecular flexibility index (Phi) is 5.66. The van der Waals surface area contributed by atoms with Crippen LogP contribution >= 0.6 is 0 Å². The third-order valence-corrected chi connectivity index (χ3v) is 5.98. The molecule has 0 radical (unpaired) electrons. The molecular formula is C24H22F4N4O3. The van der Waals surface area contributed by atoms with Gasteiger partial charge in [-0.2, -0.15) is 0 Å². The summed E-state index contributed by atoms with van der Waals surface area (Å²) in [7, 11) is 3.03. The Balaban J connectivity index is 1.61. The average Bonchev–Trinajstić information content (AvgIpc) is 3.21. The van der Waals surface area contributed by atoms with Crippen LogP contribution in [0, 0.1) is 18.6 Å². The smallest absolute Gasteiger partial charge is 0.296 e. The van der Waals surface area contributed by atoms with Gasteiger partial charge in [-0.25, -0.2) is 27.5 Å². The van der Waals surface area contributed by atoms with Gasteiger partial charge in [-0.3, -0.25) is 0 Å². The third kappa shape index (κ3) is 4.20. The van der Waals surface area contributed by atoms with Gasteiger partial charge < -0.3 is 24.1 Å². The van der Waals surface area contributed by atoms with Crippen LogP contribution in [0.2, 0.25) is 0 Å². The van der Waals surface area contributed by atoms with E-state index in [0.717, 1.165) is 12.4 Å². The van der Waals surface area contributed by atoms with Crippen LogP contribution in [0.4, 0.5) is 17.6 Å². The van der Waals surface area contributed by atoms with Crippen LogP contribution in [0.25, 0.3) is 21.8 Å². The predicted molar refractivity (Wildman–Crippen MR) is 121 cm³/mol. The molecule has 1 N–H and O–H groups in total. The van der Waals surface area contributed by atoms with Crippen molar-refractivity contribution >= 4 is 21.8 Å². The number of methoxy groups -OCH3 is 1. The second-order valence-corrected chi connectivity index (χ2v) is 8.61. The summed E-state index contributed by atoms with van der Waals surface area (Å²) in [6, 6.07) is 5.32. The molecular weight excluding hydrogens is 468 g/mol. The van der Waals surface area contributed by atoms with E-state index in [1.807, 2.05) is 0 Å². The van der Waals surface area contributed by atoms with E-state index in [1.165, 1.54) is 24.1 Å². The number of nitrogens with zero attached hydrogens (tertiary/aromatic N) is 3. The van der Waals surface area contributed by atoms with Gasteiger partial charge in [0.1, 0.15) is 23.2 Å². The van der Waals surface area contributed by atoms with Gasteiger partial charge in [-0.1, -0.05) is 0 Å². The monoisotopic (exact) mass is 490 g/mol. The highest BCUT2D eigenvalue weighted by Gasteiger charge is 2.45. The number of aromatic nitrogens is 3. The molecule has 0 saturated carbocycles. The van der Waals surface area contributed by atoms with Crippen LogP contribution < -0.4 is 14.2 Å². The lowest BCUT2D eigenvalue weighted by Crippen LogP contribution is -2.52. The first-order valence-electron chi connectivity index (χ1n) is 10.9. The maximum Gasteiger partial charge on any atom is 0.296 e. The fraction of sp³-hybridized carbons (Fsp3) is 0.333. The number of hydrogen-bond donors (Lipinski definition) is 1. The lowest BCUT2D eigenvalue weighted by Gasteiger charge is -2.36. The van der Waals surface area contributed by atoms with Crippen LogP contribution in [0.5, 0.6) is 23.1 Å². The molecule has 1 aliphatic rings. The Morgan fingerprint density at radius 3 is 2.66 bits per heavy atom. The Labute approximate surface area is 197 Å². The van der Waals surface area contributed by atoms with Gasteiger partial charge in [-0.05, 0) is 20.0 Å². The molecule has 3 heterocycles. The summed E-state index contributed by atoms with van der Waals surface area (Å²) in [6.07, 6.45) is -0.177. The van der Waals surface area contributed by atoms with Gasteiger partial charge in [0.15, 0.2) is 23.5 Å². The molecule has 2 aromatic heterocycles. The second kappa shape index (κ2) is 8.56. The summed E-state index contributed by atoms with van der Waals surface area (Å²) in [6.45, 7) is 1.63. The molecule has 0 aliphatic carbocycles. The Morgan fingerprint density at radius 1 is 1.11 bits per heavy atom. The Bertz CT molecular complexity index is 1430. The summed E-state index contributed by atoms with van der Waals surface area (Å²) < 4.78 is 76.0. The largest absolute Gasteiger partial charge is 0.497 e. The van der Waals surface area contributed by atoms with Crippen molar-refractivity contribution in [3.05, 3.63) is 47.9 Å². The number of likely N-dealkylation sites (tertiary alicyclic amines) is 1. The maximum atomic E-state index is 15.2. The first-order valence-corrected chi connectivity index (χ1v) is 10.9. The van der Waals surface area contributed by atoms with Crippen molar-refractivity contribution in [2.75, 3.05) is 27.2 Å². The highest BCUT2D eigenvalue weighted by atomic mass is 19.3. The van der Waals surface area contributed by atoms with Crippen molar-refractivity contribution in [3.8, 4) is 23.1 Å². The summed E-state index contributed by atoms with van der Waals surface area (Å²) in [5.41, 5.74) is 0.850. The van der Waals surface area contributed by atoms with E-state index < -0.39 is 36.0 Å². The molecule has 35 heavy (non-hydrogen) atoms. The maximum absolute atomic E-state index is 15.2. The fourth-order valence-corrected chi connectivity index (χ4v) is 4.29. The lowest BCUT2D eigenvalue weighted by atomic mass is 10.0. The number of piperidine rings is 1. The normalized spacial score (nSPS) is 18.2. The van der Waals surface area contributed by atoms with Gasteiger partial charge in [0, 0.05) is 42.2 Å². The fourth-order valence-electron chi connectivity index (χ4n) is 4.29. The average molecular weight is 490 g/mol. The second-order valence-electron chi connectivity index (χ2n) is 8.61. The van der Waals surface area contributed by atoms with Gasteiger partial charge in [0.05, 0.1) is 24.7 Å². The number of ether oxygens (including phenoxy) is 3. The van der Waals surface area contributed by atoms with Crippen molar-refractivity contribution in [3.63, 3.8) is 0 Å². The molecule has 1 fully saturated rings. The van der Waals surface area contributed by atoms with Crippen molar-refractivity contribution in [1.82, 2.24) is 19.9 Å². The zero-order chi connectivity index (χ0) is 24.9. The van der Waals surface area contributed by atoms with E-state index in [0.29, 0.717) is 18.0 Å². The number of alkyl halides is 2. The highest BCUT2D eigenvalue weighted by Crippen LogP contribution is 2.41. The Hall–Kier alpha value is -3.60. The van der Waals surface area contributed by atoms with Crippen LogP contribution in [0.15, 0.2) is 30.6 Å². The van der Waals surface area contributed by atoms with Crippen LogP contribution in [-0.2, 0) is 0 Å². The van der Waals surface area contributed by atoms with Crippen molar-refractivity contribution in [2.45, 2.75) is 25.4 Å². The molecule has 2 aromatic carbocycles. The predicted octanol–water partition coefficient (Wildman–Crippen LogP) is 5.22. The molecule has 1 aliphatic heterocycles. The van der Waals surface area contributed by atoms with E-state index >= 15 is 4.39 Å². The van der Waals surface area contributed by atoms with Crippen LogP contribution in [0.1, 0.15) is 12.1 Å². The minimum absolute atomic E-state index is 0.0105. The number of fused-ring (bicyclic) bond motifs is 2. The van der Waals surface area contributed by atoms with E-state index in [2.05, 4.69) is 15.0 Å². The van der Waals surface area contributed by atoms with E-state index in [9.17, 15) is 13.2 Å². The van der Waals surface area contributed by atoms with Crippen molar-refractivity contribution in [1.29, 1.82) is 0 Å². The minimum Gasteiger partial charge on any atom is -0.497 e. The molecule has 7 nitrogen and oxygen atoms in total. The minimum atomic E-state index is -3.12. The highest BCUT2D eigenvalue weighted by molar-refractivity contribution is 5.91. The summed E-state index contributed by atoms with van der Waals surface area (Å²) >= 11 is 0. The number of nitrogens with one attached hydrogen (secondary N) is 1. The molecule has 0 spiro atoms. The number of aromatic amines is 1. The van der Waals surface area contributed by atoms with E-state index in [1.54, 1.807) is 20.0 Å². The molecule has 1 saturated heterocycles. The number of hydrogen-bond acceptors (Lipinski definition) is 6. The number of H-pyrrole nitrogens is 1. The van der Waals surface area contributed by atoms with Gasteiger partial charge in [0.2, 0.25) is 5.88 Å². The molecule has 0 bridgehead atoms. The molecule has 0 unspecified atom stereocenters. The van der Waals surface area contributed by atoms with Crippen LogP contribution in [-0.4, -0.2) is 59.1 Å². The number of benzene rings is 2. The first kappa shape index (κ1) is 23.2. The van der Waals surface area contributed by atoms with Gasteiger partial charge in [0.25, 0.3) is 5.92 Å². The number of aryl methyl sites for hydroxylation is 1. The standard InChI is InChI=1S/C24H22F4N4O3/c1-12-6-14-21(26)18(9-15(25)22(14)31-12)35-23-20-16(29-11-30-23)7-13(33-3)8-17(20)34-19-4-5-32(2)10-24(19,27)28/h6-9,11,19,31H,4-5,10H2,1-3H3/t19-/m1/s1. The zero-order valence-corrected chi connectivity index (χ0v) is 19.2. The van der Waals surface area contributed by atoms with E-state index in [4.69, 9.17) is 14.2 Å². The SMILES string of the molecule is COc1cc(O[C@@H]2CCN(C)CC2(F)F)c2c(Oc3cc(F)c4[nH]c(C)cc4c3F)ncnc2c1. The van der Waals surface area contributed by atoms with E-state index in [-0.39, 0.29) is 39.9 Å². The molecule has 11 heteroatoms. The zero-order valence-electron chi connectivity index (χ0n) is 19.2. The first-order chi connectivity index (χ1) is 16.7. The molecule has 4 aromatic rings. The van der Waals surface area contributed by atoms with Gasteiger partial charge >= 0.3 is 0 Å². The third-order valence-electron chi connectivity index (χ3n) is 5.98. The van der Waals surface area contributed by atoms with Gasteiger partial charge in [-0.15, -0.1) is 0 Å². The number of halogens is 4. The lowest BCUT2D eigenvalue weighted by molar-refractivity contribution is -0.134. The quantitative estimate of drug-likeness (QED) is 0.387. The topological polar surface area (TPSA) is 72.5 Å². The van der Waals surface area contributed by atoms with Crippen LogP contribution in [0.3, 0.4) is 0 Å². The molecule has 184 valence electrons. The molecule has 1 atom stereocenters. The molecule has 0 amide bonds. The Morgan fingerprint density at radius 2 is 1.91 bits per heavy atom.